The van der Waals surface area contributed by atoms with Crippen LogP contribution in [0.1, 0.15) is 46.0 Å². The Hall–Kier alpha value is -2.95. The van der Waals surface area contributed by atoms with E-state index in [2.05, 4.69) is 33.9 Å². The van der Waals surface area contributed by atoms with Crippen molar-refractivity contribution in [2.24, 2.45) is 23.1 Å². The molecule has 218 valence electrons. The lowest BCUT2D eigenvalue weighted by atomic mass is 10.0. The van der Waals surface area contributed by atoms with Crippen LogP contribution >= 0.6 is 12.6 Å². The highest BCUT2D eigenvalue weighted by atomic mass is 32.1. The fraction of sp³-hybridized carbons (Fsp3) is 0.727. The zero-order valence-corrected chi connectivity index (χ0v) is 22.5. The summed E-state index contributed by atoms with van der Waals surface area (Å²) in [6.45, 7) is 3.09. The fourth-order valence-corrected chi connectivity index (χ4v) is 3.51. The smallest absolute Gasteiger partial charge is 0.328 e. The molecule has 5 amide bonds. The quantitative estimate of drug-likeness (QED) is 0.0543. The molecule has 0 aliphatic heterocycles. The number of hydrogen-bond acceptors (Lipinski definition) is 10. The van der Waals surface area contributed by atoms with E-state index in [1.54, 1.807) is 13.8 Å². The van der Waals surface area contributed by atoms with Crippen LogP contribution in [0.15, 0.2) is 0 Å². The average Bonchev–Trinajstić information content (AvgIpc) is 2.83. The van der Waals surface area contributed by atoms with E-state index in [0.717, 1.165) is 0 Å². The maximum absolute atomic E-state index is 13.1. The first-order chi connectivity index (χ1) is 17.8. The van der Waals surface area contributed by atoms with Crippen LogP contribution in [-0.4, -0.2) is 94.8 Å². The number of nitrogens with one attached hydrogen (secondary N) is 4. The molecule has 0 aromatic rings. The molecule has 15 nitrogen and oxygen atoms in total. The third kappa shape index (κ3) is 13.6. The monoisotopic (exact) mass is 563 g/mol. The van der Waals surface area contributed by atoms with Crippen LogP contribution in [0.2, 0.25) is 0 Å². The third-order valence-electron chi connectivity index (χ3n) is 5.29. The summed E-state index contributed by atoms with van der Waals surface area (Å²) in [4.78, 5) is 73.1. The molecule has 0 radical (unpaired) electrons. The summed E-state index contributed by atoms with van der Waals surface area (Å²) in [6, 6.07) is -6.33. The first-order valence-corrected chi connectivity index (χ1v) is 12.8. The molecule has 0 rings (SSSR count). The number of hydrogen-bond donors (Lipinski definition) is 10. The number of rotatable bonds is 19. The van der Waals surface area contributed by atoms with Gasteiger partial charge in [-0.1, -0.05) is 13.8 Å². The summed E-state index contributed by atoms with van der Waals surface area (Å²) in [5.74, 6) is -5.58. The van der Waals surface area contributed by atoms with Crippen LogP contribution in [0.4, 0.5) is 0 Å². The van der Waals surface area contributed by atoms with Crippen molar-refractivity contribution in [1.29, 1.82) is 0 Å². The van der Waals surface area contributed by atoms with Crippen LogP contribution in [0, 0.1) is 5.92 Å². The molecule has 0 unspecified atom stereocenters. The number of carbonyl (C=O) groups is 6. The van der Waals surface area contributed by atoms with E-state index in [0.29, 0.717) is 19.4 Å². The van der Waals surface area contributed by atoms with E-state index in [1.807, 2.05) is 0 Å². The number of carboxylic acids is 1. The highest BCUT2D eigenvalue weighted by Crippen LogP contribution is 2.08. The molecule has 0 aliphatic carbocycles. The maximum Gasteiger partial charge on any atom is 0.328 e. The summed E-state index contributed by atoms with van der Waals surface area (Å²) in [7, 11) is 0. The van der Waals surface area contributed by atoms with Gasteiger partial charge in [-0.3, -0.25) is 24.0 Å². The minimum absolute atomic E-state index is 0.0747. The molecule has 0 heterocycles. The number of primary amides is 1. The lowest BCUT2D eigenvalue weighted by molar-refractivity contribution is -0.143. The van der Waals surface area contributed by atoms with E-state index in [4.69, 9.17) is 22.3 Å². The summed E-state index contributed by atoms with van der Waals surface area (Å²) < 4.78 is 0. The highest BCUT2D eigenvalue weighted by Gasteiger charge is 2.31. The van der Waals surface area contributed by atoms with Gasteiger partial charge in [0.05, 0.1) is 19.1 Å². The van der Waals surface area contributed by atoms with Gasteiger partial charge in [0.25, 0.3) is 0 Å². The van der Waals surface area contributed by atoms with E-state index in [1.165, 1.54) is 0 Å². The summed E-state index contributed by atoms with van der Waals surface area (Å²) in [6.07, 6.45) is 0.832. The molecule has 0 aliphatic rings. The van der Waals surface area contributed by atoms with Crippen molar-refractivity contribution < 1.29 is 39.0 Å². The van der Waals surface area contributed by atoms with Gasteiger partial charge in [-0.25, -0.2) is 4.79 Å². The number of amides is 5. The molecule has 0 spiro atoms. The molecule has 0 aromatic carbocycles. The molecule has 0 bridgehead atoms. The van der Waals surface area contributed by atoms with Crippen LogP contribution in [-0.2, 0) is 28.8 Å². The number of aliphatic hydroxyl groups excluding tert-OH is 1. The molecule has 5 atom stereocenters. The fourth-order valence-electron chi connectivity index (χ4n) is 3.25. The van der Waals surface area contributed by atoms with Gasteiger partial charge in [0.1, 0.15) is 24.2 Å². The summed E-state index contributed by atoms with van der Waals surface area (Å²) in [5, 5.41) is 27.9. The van der Waals surface area contributed by atoms with Gasteiger partial charge in [-0.05, 0) is 38.1 Å². The predicted molar refractivity (Wildman–Crippen MR) is 140 cm³/mol. The number of carboxylic acid groups (broad SMARTS) is 1. The number of nitrogens with two attached hydrogens (primary N) is 3. The molecule has 0 saturated heterocycles. The van der Waals surface area contributed by atoms with Gasteiger partial charge in [-0.15, -0.1) is 0 Å². The second-order valence-electron chi connectivity index (χ2n) is 9.14. The number of aliphatic carboxylic acids is 1. The van der Waals surface area contributed by atoms with E-state index >= 15 is 0 Å². The molecule has 12 N–H and O–H groups in total. The Kier molecular flexibility index (Phi) is 16.9. The topological polar surface area (TPSA) is 269 Å². The predicted octanol–water partition coefficient (Wildman–Crippen LogP) is -3.69. The maximum atomic E-state index is 13.1. The van der Waals surface area contributed by atoms with Gasteiger partial charge >= 0.3 is 5.97 Å². The Balaban J connectivity index is 5.60. The van der Waals surface area contributed by atoms with E-state index < -0.39 is 78.7 Å². The molecule has 0 saturated carbocycles. The Morgan fingerprint density at radius 1 is 0.816 bits per heavy atom. The van der Waals surface area contributed by atoms with E-state index in [-0.39, 0.29) is 24.5 Å². The average molecular weight is 564 g/mol. The van der Waals surface area contributed by atoms with Crippen LogP contribution in [0.3, 0.4) is 0 Å². The van der Waals surface area contributed by atoms with Crippen molar-refractivity contribution in [3.05, 3.63) is 0 Å². The van der Waals surface area contributed by atoms with Crippen molar-refractivity contribution in [3.8, 4) is 0 Å². The lowest BCUT2D eigenvalue weighted by Gasteiger charge is -2.26. The number of thiol groups is 1. The first-order valence-electron chi connectivity index (χ1n) is 12.2. The Morgan fingerprint density at radius 2 is 1.32 bits per heavy atom. The zero-order valence-electron chi connectivity index (χ0n) is 21.6. The van der Waals surface area contributed by atoms with Gasteiger partial charge in [0.2, 0.25) is 29.5 Å². The minimum atomic E-state index is -1.57. The molecule has 0 aromatic heterocycles. The van der Waals surface area contributed by atoms with Gasteiger partial charge in [0, 0.05) is 5.75 Å². The SMILES string of the molecule is CC(C)C[C@H](NC(=O)[C@H](CS)NC(=O)[C@@H](N)CC(N)=O)C(=O)N[C@@H](CCCCN)C(=O)N[C@@H](CO)C(=O)O. The number of aliphatic hydroxyl groups is 1. The van der Waals surface area contributed by atoms with Crippen molar-refractivity contribution in [1.82, 2.24) is 21.3 Å². The first kappa shape index (κ1) is 35.0. The summed E-state index contributed by atoms with van der Waals surface area (Å²) >= 11 is 4.06. The third-order valence-corrected chi connectivity index (χ3v) is 5.66. The largest absolute Gasteiger partial charge is 0.480 e. The van der Waals surface area contributed by atoms with E-state index in [9.17, 15) is 33.9 Å². The highest BCUT2D eigenvalue weighted by molar-refractivity contribution is 7.80. The molecule has 16 heteroatoms. The summed E-state index contributed by atoms with van der Waals surface area (Å²) in [5.41, 5.74) is 16.1. The standard InChI is InChI=1S/C22H41N7O8S/c1-11(2)7-14(27-21(35)16(10-38)29-18(32)12(24)8-17(25)31)20(34)26-13(5-3-4-6-23)19(33)28-15(9-30)22(36)37/h11-16,30,38H,3-10,23-24H2,1-2H3,(H2,25,31)(H,26,34)(H,27,35)(H,28,33)(H,29,32)(H,36,37)/t12-,13-,14-,15-,16-/m0/s1. The zero-order chi connectivity index (χ0) is 29.4. The van der Waals surface area contributed by atoms with Crippen molar-refractivity contribution >= 4 is 48.1 Å². The number of unbranched alkanes of at least 4 members (excludes halogenated alkanes) is 1. The normalized spacial score (nSPS) is 14.9. The molecule has 0 fully saturated rings. The minimum Gasteiger partial charge on any atom is -0.480 e. The second-order valence-corrected chi connectivity index (χ2v) is 9.50. The molecular formula is C22H41N7O8S. The van der Waals surface area contributed by atoms with Crippen LogP contribution in [0.25, 0.3) is 0 Å². The number of carbonyl (C=O) groups excluding carboxylic acids is 5. The van der Waals surface area contributed by atoms with Crippen LogP contribution < -0.4 is 38.5 Å². The van der Waals surface area contributed by atoms with Gasteiger partial charge in [-0.2, -0.15) is 12.6 Å². The molecule has 38 heavy (non-hydrogen) atoms. The van der Waals surface area contributed by atoms with Crippen molar-refractivity contribution in [3.63, 3.8) is 0 Å². The lowest BCUT2D eigenvalue weighted by Crippen LogP contribution is -2.59. The Morgan fingerprint density at radius 3 is 1.79 bits per heavy atom. The van der Waals surface area contributed by atoms with Gasteiger partial charge in [0.15, 0.2) is 0 Å². The van der Waals surface area contributed by atoms with Crippen LogP contribution in [0.5, 0.6) is 0 Å². The Labute approximate surface area is 226 Å². The van der Waals surface area contributed by atoms with Crippen molar-refractivity contribution in [2.75, 3.05) is 18.9 Å². The second kappa shape index (κ2) is 18.3. The van der Waals surface area contributed by atoms with Crippen molar-refractivity contribution in [2.45, 2.75) is 76.2 Å². The Bertz CT molecular complexity index is 830. The molecular weight excluding hydrogens is 522 g/mol. The van der Waals surface area contributed by atoms with Gasteiger partial charge < -0.3 is 48.7 Å².